The van der Waals surface area contributed by atoms with E-state index >= 15 is 0 Å². The summed E-state index contributed by atoms with van der Waals surface area (Å²) < 4.78 is 45.7. The van der Waals surface area contributed by atoms with Gasteiger partial charge in [0, 0.05) is 11.8 Å². The van der Waals surface area contributed by atoms with Crippen LogP contribution in [0.25, 0.3) is 5.70 Å². The molecular formula is C16H15F3N4O2. The molecule has 0 radical (unpaired) electrons. The van der Waals surface area contributed by atoms with E-state index in [1.165, 1.54) is 12.3 Å². The van der Waals surface area contributed by atoms with Gasteiger partial charge in [0.25, 0.3) is 5.91 Å². The fourth-order valence-electron chi connectivity index (χ4n) is 2.13. The van der Waals surface area contributed by atoms with Gasteiger partial charge in [0.2, 0.25) is 5.82 Å². The molecule has 0 aromatic heterocycles. The van der Waals surface area contributed by atoms with E-state index in [2.05, 4.69) is 15.5 Å². The van der Waals surface area contributed by atoms with Gasteiger partial charge < -0.3 is 21.2 Å². The molecule has 6 nitrogen and oxygen atoms in total. The number of amides is 1. The minimum absolute atomic E-state index is 0.196. The number of halogens is 3. The monoisotopic (exact) mass is 352 g/mol. The van der Waals surface area contributed by atoms with Gasteiger partial charge in [-0.05, 0) is 12.1 Å². The molecule has 0 aliphatic carbocycles. The summed E-state index contributed by atoms with van der Waals surface area (Å²) in [7, 11) is 0.962. The van der Waals surface area contributed by atoms with E-state index in [9.17, 15) is 18.0 Å². The summed E-state index contributed by atoms with van der Waals surface area (Å²) in [5.74, 6) is -1.07. The van der Waals surface area contributed by atoms with Crippen molar-refractivity contribution in [3.63, 3.8) is 0 Å². The average molecular weight is 352 g/mol. The van der Waals surface area contributed by atoms with E-state index in [1.807, 2.05) is 0 Å². The Kier molecular flexibility index (Phi) is 5.50. The molecule has 132 valence electrons. The summed E-state index contributed by atoms with van der Waals surface area (Å²) in [4.78, 5) is 12.3. The molecule has 2 aromatic rings. The lowest BCUT2D eigenvalue weighted by Gasteiger charge is -2.13. The summed E-state index contributed by atoms with van der Waals surface area (Å²) >= 11 is 0. The highest BCUT2D eigenvalue weighted by atomic mass is 19.2. The first-order valence-electron chi connectivity index (χ1n) is 6.94. The molecule has 0 atom stereocenters. The topological polar surface area (TPSA) is 102 Å². The van der Waals surface area contributed by atoms with Gasteiger partial charge >= 0.3 is 0 Å². The van der Waals surface area contributed by atoms with Crippen molar-refractivity contribution in [1.82, 2.24) is 5.43 Å². The number of hydrogen-bond donors (Lipinski definition) is 4. The summed E-state index contributed by atoms with van der Waals surface area (Å²) in [6, 6.07) is 6.79. The molecule has 0 heterocycles. The van der Waals surface area contributed by atoms with Crippen LogP contribution < -0.4 is 27.1 Å². The van der Waals surface area contributed by atoms with Crippen LogP contribution in [0.15, 0.2) is 36.5 Å². The average Bonchev–Trinajstić information content (AvgIpc) is 2.59. The molecular weight excluding hydrogens is 337 g/mol. The number of para-hydroxylation sites is 1. The summed E-state index contributed by atoms with van der Waals surface area (Å²) in [5.41, 5.74) is 8.15. The zero-order chi connectivity index (χ0) is 18.6. The Labute approximate surface area is 141 Å². The Bertz CT molecular complexity index is 840. The van der Waals surface area contributed by atoms with Gasteiger partial charge in [-0.1, -0.05) is 18.2 Å². The molecule has 2 rings (SSSR count). The third kappa shape index (κ3) is 3.66. The summed E-state index contributed by atoms with van der Waals surface area (Å²) in [5, 5.41) is 2.39. The quantitative estimate of drug-likeness (QED) is 0.375. The fourth-order valence-corrected chi connectivity index (χ4v) is 2.13. The van der Waals surface area contributed by atoms with Crippen molar-refractivity contribution >= 4 is 17.3 Å². The number of hydrazine groups is 1. The molecule has 25 heavy (non-hydrogen) atoms. The van der Waals surface area contributed by atoms with Crippen molar-refractivity contribution < 1.29 is 22.7 Å². The Hall–Kier alpha value is -3.20. The lowest BCUT2D eigenvalue weighted by atomic mass is 10.1. The molecule has 0 fully saturated rings. The number of ether oxygens (including phenoxy) is 1. The maximum absolute atomic E-state index is 14.2. The van der Waals surface area contributed by atoms with Crippen LogP contribution in [0.3, 0.4) is 0 Å². The summed E-state index contributed by atoms with van der Waals surface area (Å²) in [6.07, 6.45) is 1.28. The van der Waals surface area contributed by atoms with Crippen LogP contribution in [-0.4, -0.2) is 13.0 Å². The van der Waals surface area contributed by atoms with Crippen LogP contribution in [0.2, 0.25) is 0 Å². The number of methoxy groups -OCH3 is 1. The van der Waals surface area contributed by atoms with Crippen molar-refractivity contribution in [2.45, 2.75) is 0 Å². The molecule has 6 N–H and O–H groups in total. The first-order chi connectivity index (χ1) is 11.9. The molecule has 0 aliphatic heterocycles. The van der Waals surface area contributed by atoms with E-state index in [0.717, 1.165) is 7.11 Å². The second-order valence-corrected chi connectivity index (χ2v) is 4.83. The van der Waals surface area contributed by atoms with Crippen molar-refractivity contribution in [3.8, 4) is 5.75 Å². The zero-order valence-corrected chi connectivity index (χ0v) is 13.1. The van der Waals surface area contributed by atoms with Crippen molar-refractivity contribution in [2.75, 3.05) is 12.4 Å². The van der Waals surface area contributed by atoms with Crippen LogP contribution in [-0.2, 0) is 0 Å². The first kappa shape index (κ1) is 18.1. The Morgan fingerprint density at radius 1 is 1.16 bits per heavy atom. The minimum atomic E-state index is -1.52. The third-order valence-electron chi connectivity index (χ3n) is 3.29. The molecule has 2 aromatic carbocycles. The predicted octanol–water partition coefficient (Wildman–Crippen LogP) is 2.09. The van der Waals surface area contributed by atoms with Crippen LogP contribution >= 0.6 is 0 Å². The third-order valence-corrected chi connectivity index (χ3v) is 3.29. The maximum Gasteiger partial charge on any atom is 0.258 e. The van der Waals surface area contributed by atoms with Gasteiger partial charge in [-0.3, -0.25) is 10.6 Å². The standard InChI is InChI=1S/C16H15F3N4O2/c1-25-15-13(18)9(6-10(17)14(15)19)16(24)23-12-5-3-2-4-8(12)11(20)7-22-21/h2-7,22H,20-21H2,1H3,(H,23,24)/b11-7-. The molecule has 9 heteroatoms. The van der Waals surface area contributed by atoms with Crippen LogP contribution in [0.4, 0.5) is 18.9 Å². The zero-order valence-electron chi connectivity index (χ0n) is 13.1. The highest BCUT2D eigenvalue weighted by Gasteiger charge is 2.24. The van der Waals surface area contributed by atoms with E-state index in [1.54, 1.807) is 18.2 Å². The van der Waals surface area contributed by atoms with Crippen LogP contribution in [0.1, 0.15) is 15.9 Å². The number of benzene rings is 2. The Morgan fingerprint density at radius 2 is 1.84 bits per heavy atom. The Morgan fingerprint density at radius 3 is 2.48 bits per heavy atom. The number of anilines is 1. The van der Waals surface area contributed by atoms with Gasteiger partial charge in [0.15, 0.2) is 17.4 Å². The van der Waals surface area contributed by atoms with E-state index in [4.69, 9.17) is 11.6 Å². The normalized spacial score (nSPS) is 11.2. The fraction of sp³-hybridized carbons (Fsp3) is 0.0625. The minimum Gasteiger partial charge on any atom is -0.491 e. The van der Waals surface area contributed by atoms with Crippen molar-refractivity contribution in [1.29, 1.82) is 0 Å². The molecule has 0 aliphatic rings. The molecule has 1 amide bonds. The number of nitrogens with one attached hydrogen (secondary N) is 2. The van der Waals surface area contributed by atoms with E-state index in [0.29, 0.717) is 11.6 Å². The number of carbonyl (C=O) groups excluding carboxylic acids is 1. The molecule has 0 bridgehead atoms. The highest BCUT2D eigenvalue weighted by Crippen LogP contribution is 2.28. The molecule has 0 saturated heterocycles. The first-order valence-corrected chi connectivity index (χ1v) is 6.94. The van der Waals surface area contributed by atoms with Crippen molar-refractivity contribution in [2.24, 2.45) is 11.6 Å². The van der Waals surface area contributed by atoms with Gasteiger partial charge in [-0.25, -0.2) is 8.78 Å². The van der Waals surface area contributed by atoms with Crippen LogP contribution in [0.5, 0.6) is 5.75 Å². The van der Waals surface area contributed by atoms with E-state index < -0.39 is 34.7 Å². The molecule has 0 spiro atoms. The Balaban J connectivity index is 2.43. The second-order valence-electron chi connectivity index (χ2n) is 4.83. The van der Waals surface area contributed by atoms with Gasteiger partial charge in [-0.15, -0.1) is 0 Å². The lowest BCUT2D eigenvalue weighted by molar-refractivity contribution is 0.102. The largest absolute Gasteiger partial charge is 0.491 e. The predicted molar refractivity (Wildman–Crippen MR) is 86.8 cm³/mol. The van der Waals surface area contributed by atoms with Gasteiger partial charge in [-0.2, -0.15) is 4.39 Å². The van der Waals surface area contributed by atoms with Crippen LogP contribution in [0, 0.1) is 17.5 Å². The number of nitrogens with two attached hydrogens (primary N) is 2. The summed E-state index contributed by atoms with van der Waals surface area (Å²) in [6.45, 7) is 0. The van der Waals surface area contributed by atoms with E-state index in [-0.39, 0.29) is 11.4 Å². The van der Waals surface area contributed by atoms with Crippen molar-refractivity contribution in [3.05, 3.63) is 65.1 Å². The number of rotatable bonds is 5. The number of hydrogen-bond acceptors (Lipinski definition) is 5. The second kappa shape index (κ2) is 7.58. The lowest BCUT2D eigenvalue weighted by Crippen LogP contribution is -2.19. The van der Waals surface area contributed by atoms with Gasteiger partial charge in [0.1, 0.15) is 0 Å². The smallest absolute Gasteiger partial charge is 0.258 e. The maximum atomic E-state index is 14.2. The SMILES string of the molecule is COc1c(F)c(F)cc(C(=O)Nc2ccccc2/C(N)=C/NN)c1F. The van der Waals surface area contributed by atoms with Gasteiger partial charge in [0.05, 0.1) is 24.1 Å². The number of carbonyl (C=O) groups is 1. The molecule has 0 saturated carbocycles. The highest BCUT2D eigenvalue weighted by molar-refractivity contribution is 6.06. The molecule has 0 unspecified atom stereocenters.